The van der Waals surface area contributed by atoms with E-state index in [4.69, 9.17) is 13.9 Å². The molecule has 1 aliphatic rings. The molecule has 214 valence electrons. The average Bonchev–Trinajstić information content (AvgIpc) is 3.55. The number of aromatic carboxylic acids is 1. The Bertz CT molecular complexity index is 1910. The highest BCUT2D eigenvalue weighted by atomic mass is 32.1. The van der Waals surface area contributed by atoms with Gasteiger partial charge in [0.05, 0.1) is 34.0 Å². The van der Waals surface area contributed by atoms with E-state index in [1.165, 1.54) is 22.0 Å². The van der Waals surface area contributed by atoms with Gasteiger partial charge in [-0.15, -0.1) is 0 Å². The van der Waals surface area contributed by atoms with Gasteiger partial charge in [-0.05, 0) is 68.3 Å². The third kappa shape index (κ3) is 5.48. The number of rotatable bonds is 9. The van der Waals surface area contributed by atoms with Gasteiger partial charge in [0, 0.05) is 11.6 Å². The Hall–Kier alpha value is -4.96. The number of benzene rings is 2. The summed E-state index contributed by atoms with van der Waals surface area (Å²) in [6.45, 7) is 9.50. The van der Waals surface area contributed by atoms with Gasteiger partial charge in [0.15, 0.2) is 4.80 Å². The van der Waals surface area contributed by atoms with E-state index in [-0.39, 0.29) is 23.3 Å². The number of esters is 1. The van der Waals surface area contributed by atoms with E-state index in [0.29, 0.717) is 50.0 Å². The lowest BCUT2D eigenvalue weighted by Crippen LogP contribution is -2.39. The SMILES string of the molecule is C=CCOc1ccc([C@H]2C(C(=O)OCC)=C(C)N=c3s/c(=C\c4ccc(-c5cc(C(=O)O)ccc5C)o4)c(=O)n32)cc1. The third-order valence-electron chi connectivity index (χ3n) is 6.73. The number of hydrogen-bond donors (Lipinski definition) is 1. The van der Waals surface area contributed by atoms with Crippen LogP contribution in [-0.2, 0) is 9.53 Å². The van der Waals surface area contributed by atoms with Crippen molar-refractivity contribution in [2.24, 2.45) is 4.99 Å². The summed E-state index contributed by atoms with van der Waals surface area (Å²) in [4.78, 5) is 43.5. The molecule has 9 nitrogen and oxygen atoms in total. The molecule has 0 spiro atoms. The lowest BCUT2D eigenvalue weighted by atomic mass is 9.96. The highest BCUT2D eigenvalue weighted by Crippen LogP contribution is 2.32. The molecule has 0 radical (unpaired) electrons. The molecule has 5 rings (SSSR count). The molecule has 0 bridgehead atoms. The van der Waals surface area contributed by atoms with Crippen molar-refractivity contribution >= 4 is 29.4 Å². The summed E-state index contributed by atoms with van der Waals surface area (Å²) in [6, 6.07) is 14.7. The third-order valence-corrected chi connectivity index (χ3v) is 7.71. The van der Waals surface area contributed by atoms with Crippen LogP contribution in [0, 0.1) is 6.92 Å². The monoisotopic (exact) mass is 584 g/mol. The van der Waals surface area contributed by atoms with E-state index in [1.54, 1.807) is 62.4 Å². The van der Waals surface area contributed by atoms with Crippen molar-refractivity contribution in [3.8, 4) is 17.1 Å². The molecule has 0 aliphatic carbocycles. The molecule has 0 fully saturated rings. The van der Waals surface area contributed by atoms with Crippen LogP contribution in [0.1, 0.15) is 47.1 Å². The van der Waals surface area contributed by atoms with Crippen molar-refractivity contribution in [1.29, 1.82) is 0 Å². The summed E-state index contributed by atoms with van der Waals surface area (Å²) >= 11 is 1.18. The second-order valence-corrected chi connectivity index (χ2v) is 10.5. The van der Waals surface area contributed by atoms with Crippen molar-refractivity contribution in [3.63, 3.8) is 0 Å². The highest BCUT2D eigenvalue weighted by molar-refractivity contribution is 7.07. The van der Waals surface area contributed by atoms with E-state index in [0.717, 1.165) is 5.56 Å². The zero-order valence-electron chi connectivity index (χ0n) is 23.2. The van der Waals surface area contributed by atoms with Crippen LogP contribution in [0.25, 0.3) is 17.4 Å². The number of aryl methyl sites for hydroxylation is 1. The summed E-state index contributed by atoms with van der Waals surface area (Å²) in [5.74, 6) is -0.0550. The fourth-order valence-electron chi connectivity index (χ4n) is 4.73. The van der Waals surface area contributed by atoms with Gasteiger partial charge in [-0.2, -0.15) is 0 Å². The van der Waals surface area contributed by atoms with Crippen LogP contribution in [-0.4, -0.2) is 34.8 Å². The van der Waals surface area contributed by atoms with Crippen LogP contribution in [0.5, 0.6) is 5.75 Å². The summed E-state index contributed by atoms with van der Waals surface area (Å²) in [5.41, 5.74) is 2.74. The Morgan fingerprint density at radius 1 is 1.14 bits per heavy atom. The average molecular weight is 585 g/mol. The van der Waals surface area contributed by atoms with Gasteiger partial charge in [0.2, 0.25) is 0 Å². The van der Waals surface area contributed by atoms with Gasteiger partial charge < -0.3 is 19.0 Å². The zero-order valence-corrected chi connectivity index (χ0v) is 24.1. The van der Waals surface area contributed by atoms with Gasteiger partial charge in [-0.25, -0.2) is 14.6 Å². The number of carbonyl (C=O) groups excluding carboxylic acids is 1. The molecule has 0 amide bonds. The van der Waals surface area contributed by atoms with Crippen LogP contribution < -0.4 is 19.6 Å². The number of furan rings is 1. The van der Waals surface area contributed by atoms with Crippen LogP contribution in [0.2, 0.25) is 0 Å². The van der Waals surface area contributed by atoms with E-state index >= 15 is 0 Å². The summed E-state index contributed by atoms with van der Waals surface area (Å²) in [5, 5.41) is 9.39. The molecule has 3 heterocycles. The molecule has 2 aromatic carbocycles. The Balaban J connectivity index is 1.60. The molecule has 1 N–H and O–H groups in total. The Morgan fingerprint density at radius 3 is 2.60 bits per heavy atom. The second kappa shape index (κ2) is 11.9. The van der Waals surface area contributed by atoms with E-state index in [2.05, 4.69) is 11.6 Å². The first kappa shape index (κ1) is 28.6. The zero-order chi connectivity index (χ0) is 30.0. The maximum atomic E-state index is 13.9. The first-order valence-corrected chi connectivity index (χ1v) is 14.0. The van der Waals surface area contributed by atoms with E-state index in [9.17, 15) is 19.5 Å². The largest absolute Gasteiger partial charge is 0.490 e. The topological polar surface area (TPSA) is 120 Å². The molecule has 1 atom stereocenters. The molecular weight excluding hydrogens is 556 g/mol. The van der Waals surface area contributed by atoms with Gasteiger partial charge in [-0.1, -0.05) is 42.2 Å². The lowest BCUT2D eigenvalue weighted by molar-refractivity contribution is -0.139. The molecule has 0 unspecified atom stereocenters. The number of carbonyl (C=O) groups is 2. The standard InChI is InChI=1S/C32H28N2O7S/c1-5-15-40-22-11-9-20(10-12-22)28-27(31(38)39-6-2)19(4)33-32-34(28)29(35)26(42-32)17-23-13-14-25(41-23)24-16-21(30(36)37)8-7-18(24)3/h5,7-14,16-17,28H,1,6,15H2,2-4H3,(H,36,37)/b26-17-/t28-/m0/s1. The number of thiazole rings is 1. The van der Waals surface area contributed by atoms with Crippen molar-refractivity contribution in [1.82, 2.24) is 4.57 Å². The Labute approximate surface area is 245 Å². The minimum atomic E-state index is -1.03. The predicted molar refractivity (Wildman–Crippen MR) is 158 cm³/mol. The van der Waals surface area contributed by atoms with Crippen molar-refractivity contribution < 1.29 is 28.6 Å². The smallest absolute Gasteiger partial charge is 0.338 e. The first-order chi connectivity index (χ1) is 20.2. The van der Waals surface area contributed by atoms with Crippen LogP contribution in [0.3, 0.4) is 0 Å². The Kier molecular flexibility index (Phi) is 8.08. The fourth-order valence-corrected chi connectivity index (χ4v) is 5.76. The van der Waals surface area contributed by atoms with Crippen LogP contribution in [0.15, 0.2) is 92.7 Å². The number of nitrogens with zero attached hydrogens (tertiary/aromatic N) is 2. The van der Waals surface area contributed by atoms with Gasteiger partial charge in [-0.3, -0.25) is 9.36 Å². The minimum Gasteiger partial charge on any atom is -0.490 e. The van der Waals surface area contributed by atoms with E-state index in [1.807, 2.05) is 19.1 Å². The van der Waals surface area contributed by atoms with Crippen LogP contribution >= 0.6 is 11.3 Å². The number of carboxylic acids is 1. The summed E-state index contributed by atoms with van der Waals surface area (Å²) in [7, 11) is 0. The van der Waals surface area contributed by atoms with Gasteiger partial charge >= 0.3 is 11.9 Å². The molecule has 4 aromatic rings. The van der Waals surface area contributed by atoms with Gasteiger partial charge in [0.1, 0.15) is 23.9 Å². The normalized spacial score (nSPS) is 14.7. The molecule has 42 heavy (non-hydrogen) atoms. The number of fused-ring (bicyclic) bond motifs is 1. The summed E-state index contributed by atoms with van der Waals surface area (Å²) in [6.07, 6.45) is 3.27. The lowest BCUT2D eigenvalue weighted by Gasteiger charge is -2.24. The van der Waals surface area contributed by atoms with Crippen molar-refractivity contribution in [2.45, 2.75) is 26.8 Å². The van der Waals surface area contributed by atoms with Crippen molar-refractivity contribution in [2.75, 3.05) is 13.2 Å². The quantitative estimate of drug-likeness (QED) is 0.225. The molecule has 0 saturated heterocycles. The van der Waals surface area contributed by atoms with Crippen LogP contribution in [0.4, 0.5) is 0 Å². The predicted octanol–water partition coefficient (Wildman–Crippen LogP) is 4.63. The molecule has 2 aromatic heterocycles. The number of allylic oxidation sites excluding steroid dienone is 1. The fraction of sp³-hybridized carbons (Fsp3) is 0.188. The number of ether oxygens (including phenoxy) is 2. The maximum absolute atomic E-state index is 13.9. The second-order valence-electron chi connectivity index (χ2n) is 9.51. The molecule has 1 aliphatic heterocycles. The maximum Gasteiger partial charge on any atom is 0.338 e. The number of carboxylic acid groups (broad SMARTS) is 1. The number of aromatic nitrogens is 1. The van der Waals surface area contributed by atoms with Gasteiger partial charge in [0.25, 0.3) is 5.56 Å². The molecule has 10 heteroatoms. The molecule has 0 saturated carbocycles. The minimum absolute atomic E-state index is 0.148. The van der Waals surface area contributed by atoms with Crippen molar-refractivity contribution in [3.05, 3.63) is 121 Å². The van der Waals surface area contributed by atoms with E-state index < -0.39 is 18.0 Å². The molecular formula is C32H28N2O7S. The Morgan fingerprint density at radius 2 is 1.90 bits per heavy atom. The number of hydrogen-bond acceptors (Lipinski definition) is 8. The summed E-state index contributed by atoms with van der Waals surface area (Å²) < 4.78 is 18.8. The first-order valence-electron chi connectivity index (χ1n) is 13.2. The highest BCUT2D eigenvalue weighted by Gasteiger charge is 2.33.